The van der Waals surface area contributed by atoms with E-state index in [4.69, 9.17) is 4.74 Å². The van der Waals surface area contributed by atoms with Gasteiger partial charge in [0.2, 0.25) is 0 Å². The van der Waals surface area contributed by atoms with E-state index < -0.39 is 51.9 Å². The average molecular weight is 409 g/mol. The van der Waals surface area contributed by atoms with Gasteiger partial charge < -0.3 is 24.6 Å². The van der Waals surface area contributed by atoms with Crippen molar-refractivity contribution < 1.29 is 39.2 Å². The Bertz CT molecular complexity index is 934. The van der Waals surface area contributed by atoms with Crippen LogP contribution in [0, 0.1) is 0 Å². The fourth-order valence-corrected chi connectivity index (χ4v) is 3.51. The molecule has 0 aromatic carbocycles. The van der Waals surface area contributed by atoms with E-state index in [1.165, 1.54) is 32.1 Å². The highest BCUT2D eigenvalue weighted by Gasteiger charge is 2.40. The predicted octanol–water partition coefficient (Wildman–Crippen LogP) is 2.80. The number of carbonyl (C=O) groups is 4. The van der Waals surface area contributed by atoms with Gasteiger partial charge in [0, 0.05) is 16.8 Å². The zero-order chi connectivity index (χ0) is 21.2. The van der Waals surface area contributed by atoms with Crippen LogP contribution in [0.25, 0.3) is 0 Å². The first-order valence-electron chi connectivity index (χ1n) is 8.15. The van der Waals surface area contributed by atoms with Crippen LogP contribution >= 0.6 is 11.3 Å². The highest BCUT2D eigenvalue weighted by molar-refractivity contribution is 7.09. The van der Waals surface area contributed by atoms with Gasteiger partial charge in [-0.25, -0.2) is 19.2 Å². The second kappa shape index (κ2) is 7.85. The van der Waals surface area contributed by atoms with Gasteiger partial charge in [0.05, 0.1) is 6.61 Å². The van der Waals surface area contributed by atoms with Crippen LogP contribution in [0.15, 0.2) is 17.5 Å². The largest absolute Gasteiger partial charge is 0.478 e. The van der Waals surface area contributed by atoms with Gasteiger partial charge >= 0.3 is 23.9 Å². The Hall–Kier alpha value is -3.14. The van der Waals surface area contributed by atoms with E-state index in [9.17, 15) is 34.5 Å². The monoisotopic (exact) mass is 409 g/mol. The van der Waals surface area contributed by atoms with Crippen LogP contribution < -0.4 is 0 Å². The Balaban J connectivity index is 2.61. The van der Waals surface area contributed by atoms with Crippen molar-refractivity contribution in [1.29, 1.82) is 0 Å². The number of nitrogens with zero attached hydrogens (tertiary/aromatic N) is 1. The summed E-state index contributed by atoms with van der Waals surface area (Å²) in [6, 6.07) is 3.66. The van der Waals surface area contributed by atoms with Gasteiger partial charge in [-0.3, -0.25) is 0 Å². The quantitative estimate of drug-likeness (QED) is 0.592. The summed E-state index contributed by atoms with van der Waals surface area (Å²) in [6.07, 6.45) is 0.389. The number of rotatable bonds is 7. The number of carboxylic acid groups (broad SMARTS) is 3. The number of carbonyl (C=O) groups excluding carboxylic acids is 1. The molecule has 0 unspecified atom stereocenters. The maximum atomic E-state index is 12.7. The van der Waals surface area contributed by atoms with Crippen molar-refractivity contribution in [1.82, 2.24) is 4.57 Å². The molecule has 150 valence electrons. The summed E-state index contributed by atoms with van der Waals surface area (Å²) < 4.78 is 6.05. The molecule has 0 saturated heterocycles. The first-order valence-corrected chi connectivity index (χ1v) is 9.03. The molecular weight excluding hydrogens is 390 g/mol. The molecular formula is C18H19NO8S. The lowest BCUT2D eigenvalue weighted by molar-refractivity contribution is 0.0478. The normalized spacial score (nSPS) is 11.2. The van der Waals surface area contributed by atoms with Crippen molar-refractivity contribution in [3.63, 3.8) is 0 Å². The third-order valence-corrected chi connectivity index (χ3v) is 4.76. The van der Waals surface area contributed by atoms with Crippen molar-refractivity contribution in [3.05, 3.63) is 44.9 Å². The van der Waals surface area contributed by atoms with E-state index in [0.717, 1.165) is 9.44 Å². The van der Waals surface area contributed by atoms with E-state index in [1.54, 1.807) is 0 Å². The molecule has 0 radical (unpaired) electrons. The SMILES string of the molecule is CC(C)(C)n1c(C(=O)O)c(C(=O)O)c(C(=O)O)c1C(=O)OCCc1cccs1. The topological polar surface area (TPSA) is 143 Å². The minimum absolute atomic E-state index is 0.0709. The smallest absolute Gasteiger partial charge is 0.355 e. The Labute approximate surface area is 163 Å². The number of hydrogen-bond donors (Lipinski definition) is 3. The number of thiophene rings is 1. The number of hydrogen-bond acceptors (Lipinski definition) is 6. The second-order valence-corrected chi connectivity index (χ2v) is 7.87. The van der Waals surface area contributed by atoms with E-state index in [1.807, 2.05) is 17.5 Å². The van der Waals surface area contributed by atoms with E-state index >= 15 is 0 Å². The summed E-state index contributed by atoms with van der Waals surface area (Å²) in [5.74, 6) is -6.25. The highest BCUT2D eigenvalue weighted by Crippen LogP contribution is 2.31. The number of carboxylic acids is 3. The minimum Gasteiger partial charge on any atom is -0.478 e. The van der Waals surface area contributed by atoms with Gasteiger partial charge in [-0.1, -0.05) is 6.07 Å². The summed E-state index contributed by atoms with van der Waals surface area (Å²) >= 11 is 1.45. The molecule has 0 atom stereocenters. The number of esters is 1. The number of aromatic nitrogens is 1. The molecule has 0 saturated carbocycles. The van der Waals surface area contributed by atoms with Gasteiger partial charge in [0.1, 0.15) is 22.5 Å². The standard InChI is InChI=1S/C18H19NO8S/c1-18(2,3)19-12(16(24)25)10(14(20)21)11(15(22)23)13(19)17(26)27-7-6-9-5-4-8-28-9/h4-5,8H,6-7H2,1-3H3,(H,20,21)(H,22,23)(H,24,25). The van der Waals surface area contributed by atoms with Crippen LogP contribution in [0.5, 0.6) is 0 Å². The predicted molar refractivity (Wildman–Crippen MR) is 98.6 cm³/mol. The molecule has 9 nitrogen and oxygen atoms in total. The molecule has 0 amide bonds. The summed E-state index contributed by atoms with van der Waals surface area (Å²) in [4.78, 5) is 48.8. The van der Waals surface area contributed by atoms with Crippen molar-refractivity contribution >= 4 is 35.2 Å². The molecule has 2 rings (SSSR count). The molecule has 2 heterocycles. The maximum Gasteiger partial charge on any atom is 0.355 e. The molecule has 28 heavy (non-hydrogen) atoms. The van der Waals surface area contributed by atoms with Crippen molar-refractivity contribution in [2.45, 2.75) is 32.7 Å². The van der Waals surface area contributed by atoms with Crippen LogP contribution in [0.1, 0.15) is 67.3 Å². The molecule has 3 N–H and O–H groups in total. The maximum absolute atomic E-state index is 12.7. The van der Waals surface area contributed by atoms with Crippen molar-refractivity contribution in [3.8, 4) is 0 Å². The van der Waals surface area contributed by atoms with Crippen LogP contribution in [0.2, 0.25) is 0 Å². The summed E-state index contributed by atoms with van der Waals surface area (Å²) in [5, 5.41) is 30.4. The first-order chi connectivity index (χ1) is 13.0. The molecule has 0 aliphatic heterocycles. The third-order valence-electron chi connectivity index (χ3n) is 3.83. The van der Waals surface area contributed by atoms with E-state index in [0.29, 0.717) is 6.42 Å². The van der Waals surface area contributed by atoms with Crippen molar-refractivity contribution in [2.24, 2.45) is 0 Å². The second-order valence-electron chi connectivity index (χ2n) is 6.83. The van der Waals surface area contributed by atoms with Crippen LogP contribution in [0.3, 0.4) is 0 Å². The zero-order valence-corrected chi connectivity index (χ0v) is 16.2. The van der Waals surface area contributed by atoms with Crippen molar-refractivity contribution in [2.75, 3.05) is 6.61 Å². The fourth-order valence-electron chi connectivity index (χ4n) is 2.82. The zero-order valence-electron chi connectivity index (χ0n) is 15.4. The van der Waals surface area contributed by atoms with E-state index in [-0.39, 0.29) is 6.61 Å². The first kappa shape index (κ1) is 21.2. The van der Waals surface area contributed by atoms with Gasteiger partial charge in [-0.15, -0.1) is 11.3 Å². The van der Waals surface area contributed by atoms with Gasteiger partial charge in [0.15, 0.2) is 0 Å². The highest BCUT2D eigenvalue weighted by atomic mass is 32.1. The van der Waals surface area contributed by atoms with Gasteiger partial charge in [-0.2, -0.15) is 0 Å². The van der Waals surface area contributed by atoms with Crippen LogP contribution in [-0.4, -0.2) is 50.4 Å². The molecule has 10 heteroatoms. The van der Waals surface area contributed by atoms with Crippen LogP contribution in [-0.2, 0) is 16.7 Å². The Morgan fingerprint density at radius 1 is 1.00 bits per heavy atom. The van der Waals surface area contributed by atoms with E-state index in [2.05, 4.69) is 0 Å². The summed E-state index contributed by atoms with van der Waals surface area (Å²) in [6.45, 7) is 4.51. The fraction of sp³-hybridized carbons (Fsp3) is 0.333. The molecule has 0 spiro atoms. The third kappa shape index (κ3) is 4.06. The molecule has 2 aromatic heterocycles. The lowest BCUT2D eigenvalue weighted by atomic mass is 10.1. The molecule has 0 aliphatic carbocycles. The summed E-state index contributed by atoms with van der Waals surface area (Å²) in [7, 11) is 0. The minimum atomic E-state index is -1.76. The molecule has 2 aromatic rings. The lowest BCUT2D eigenvalue weighted by Gasteiger charge is -2.25. The number of ether oxygens (including phenoxy) is 1. The van der Waals surface area contributed by atoms with Gasteiger partial charge in [-0.05, 0) is 32.2 Å². The molecule has 0 aliphatic rings. The summed E-state index contributed by atoms with van der Waals surface area (Å²) in [5.41, 5.74) is -4.36. The average Bonchev–Trinajstić information content (AvgIpc) is 3.19. The molecule has 0 fully saturated rings. The van der Waals surface area contributed by atoms with Crippen LogP contribution in [0.4, 0.5) is 0 Å². The Morgan fingerprint density at radius 3 is 2.00 bits per heavy atom. The molecule has 0 bridgehead atoms. The number of aromatic carboxylic acids is 3. The van der Waals surface area contributed by atoms with Gasteiger partial charge in [0.25, 0.3) is 0 Å². The lowest BCUT2D eigenvalue weighted by Crippen LogP contribution is -2.31. The Morgan fingerprint density at radius 2 is 1.57 bits per heavy atom. The Kier molecular flexibility index (Phi) is 5.93.